The molecule has 2 fully saturated rings. The predicted octanol–water partition coefficient (Wildman–Crippen LogP) is 3.66. The number of carbonyl (C=O) groups is 4. The van der Waals surface area contributed by atoms with Crippen molar-refractivity contribution in [2.75, 3.05) is 18.8 Å². The lowest BCUT2D eigenvalue weighted by Gasteiger charge is -2.16. The van der Waals surface area contributed by atoms with Crippen LogP contribution in [0.2, 0.25) is 0 Å². The summed E-state index contributed by atoms with van der Waals surface area (Å²) in [6.45, 7) is 0.0685. The van der Waals surface area contributed by atoms with Crippen LogP contribution in [0.15, 0.2) is 9.93 Å². The molecule has 2 aliphatic rings. The Morgan fingerprint density at radius 3 is 2.03 bits per heavy atom. The fraction of sp³-hybridized carbons (Fsp3) is 0.650. The number of rotatable bonds is 14. The molecule has 0 saturated carbocycles. The number of thiocarbonyl (C=S) groups is 1. The molecule has 0 bridgehead atoms. The van der Waals surface area contributed by atoms with Crippen molar-refractivity contribution in [1.29, 1.82) is 0 Å². The fourth-order valence-electron chi connectivity index (χ4n) is 3.39. The lowest BCUT2D eigenvalue weighted by Crippen LogP contribution is -2.32. The van der Waals surface area contributed by atoms with Crippen LogP contribution in [0.1, 0.15) is 64.2 Å². The molecular weight excluding hydrogens is 460 g/mol. The van der Waals surface area contributed by atoms with Crippen molar-refractivity contribution in [3.05, 3.63) is 9.93 Å². The minimum absolute atomic E-state index is 0.131. The van der Waals surface area contributed by atoms with Crippen LogP contribution < -0.4 is 0 Å². The third-order valence-electron chi connectivity index (χ3n) is 4.99. The quantitative estimate of drug-likeness (QED) is 0.215. The van der Waals surface area contributed by atoms with Gasteiger partial charge in [-0.1, -0.05) is 80.7 Å². The molecule has 2 saturated heterocycles. The van der Waals surface area contributed by atoms with Crippen LogP contribution in [0.4, 0.5) is 0 Å². The normalized spacial score (nSPS) is 19.0. The maximum absolute atomic E-state index is 12.8. The molecule has 0 unspecified atom stereocenters. The smallest absolute Gasteiger partial charge is 0.323 e. The van der Waals surface area contributed by atoms with E-state index in [0.717, 1.165) is 74.4 Å². The standard InChI is InChI=1S/C20H28N2O6S3/c23-14-13-30-19(22(14)12-16(26)27)17-18(28)21(20(29)31-17)11-9-7-5-3-1-2-4-6-8-10-15(24)25/h1-13H2,(H,24,25)(H,26,27)/b19-17+. The average molecular weight is 489 g/mol. The SMILES string of the molecule is O=C(O)CCCCCCCCCCCN1C(=O)/C(=C2\SCC(=O)N2CC(=O)O)SC1=S. The Hall–Kier alpha value is -1.59. The summed E-state index contributed by atoms with van der Waals surface area (Å²) in [4.78, 5) is 49.3. The first kappa shape index (κ1) is 25.7. The van der Waals surface area contributed by atoms with Gasteiger partial charge in [-0.2, -0.15) is 0 Å². The van der Waals surface area contributed by atoms with Crippen LogP contribution in [0, 0.1) is 0 Å². The molecule has 0 atom stereocenters. The van der Waals surface area contributed by atoms with Crippen LogP contribution in [0.5, 0.6) is 0 Å². The largest absolute Gasteiger partial charge is 0.481 e. The van der Waals surface area contributed by atoms with E-state index in [1.807, 2.05) is 0 Å². The summed E-state index contributed by atoms with van der Waals surface area (Å²) < 4.78 is 0.448. The zero-order valence-electron chi connectivity index (χ0n) is 17.3. The second-order valence-electron chi connectivity index (χ2n) is 7.45. The molecule has 2 N–H and O–H groups in total. The van der Waals surface area contributed by atoms with Crippen LogP contribution in [0.3, 0.4) is 0 Å². The summed E-state index contributed by atoms with van der Waals surface area (Å²) in [5.74, 6) is -2.28. The molecule has 172 valence electrons. The van der Waals surface area contributed by atoms with Crippen molar-refractivity contribution in [2.24, 2.45) is 0 Å². The molecule has 0 spiro atoms. The third-order valence-corrected chi connectivity index (χ3v) is 7.64. The minimum atomic E-state index is -1.12. The van der Waals surface area contributed by atoms with E-state index in [0.29, 0.717) is 20.8 Å². The van der Waals surface area contributed by atoms with Gasteiger partial charge in [-0.25, -0.2) is 0 Å². The summed E-state index contributed by atoms with van der Waals surface area (Å²) in [5, 5.41) is 18.0. The number of nitrogens with zero attached hydrogens (tertiary/aromatic N) is 2. The summed E-state index contributed by atoms with van der Waals surface area (Å²) >= 11 is 7.67. The summed E-state index contributed by atoms with van der Waals surface area (Å²) in [5.41, 5.74) is 0. The number of thioether (sulfide) groups is 2. The maximum Gasteiger partial charge on any atom is 0.323 e. The molecule has 11 heteroatoms. The summed E-state index contributed by atoms with van der Waals surface area (Å²) in [6, 6.07) is 0. The number of hydrogen-bond acceptors (Lipinski definition) is 7. The van der Waals surface area contributed by atoms with E-state index in [9.17, 15) is 19.2 Å². The van der Waals surface area contributed by atoms with Gasteiger partial charge in [0.25, 0.3) is 5.91 Å². The van der Waals surface area contributed by atoms with Gasteiger partial charge in [0.15, 0.2) is 0 Å². The number of hydrogen-bond donors (Lipinski definition) is 2. The number of aliphatic carboxylic acids is 2. The van der Waals surface area contributed by atoms with Crippen molar-refractivity contribution >= 4 is 63.8 Å². The van der Waals surface area contributed by atoms with Crippen molar-refractivity contribution in [2.45, 2.75) is 64.2 Å². The maximum atomic E-state index is 12.8. The highest BCUT2D eigenvalue weighted by Gasteiger charge is 2.39. The summed E-state index contributed by atoms with van der Waals surface area (Å²) in [7, 11) is 0. The zero-order valence-corrected chi connectivity index (χ0v) is 19.8. The van der Waals surface area contributed by atoms with E-state index >= 15 is 0 Å². The lowest BCUT2D eigenvalue weighted by atomic mass is 10.1. The highest BCUT2D eigenvalue weighted by atomic mass is 32.2. The molecule has 2 amide bonds. The molecule has 0 aromatic carbocycles. The monoisotopic (exact) mass is 488 g/mol. The molecule has 31 heavy (non-hydrogen) atoms. The van der Waals surface area contributed by atoms with Crippen LogP contribution in [0.25, 0.3) is 0 Å². The minimum Gasteiger partial charge on any atom is -0.481 e. The van der Waals surface area contributed by atoms with Gasteiger partial charge >= 0.3 is 11.9 Å². The first-order chi connectivity index (χ1) is 14.8. The zero-order chi connectivity index (χ0) is 22.8. The van der Waals surface area contributed by atoms with Gasteiger partial charge in [0, 0.05) is 13.0 Å². The molecule has 2 rings (SSSR count). The Labute approximate surface area is 195 Å². The molecule has 0 aliphatic carbocycles. The predicted molar refractivity (Wildman–Crippen MR) is 125 cm³/mol. The first-order valence-electron chi connectivity index (χ1n) is 10.5. The van der Waals surface area contributed by atoms with Crippen LogP contribution in [-0.2, 0) is 19.2 Å². The van der Waals surface area contributed by atoms with Crippen molar-refractivity contribution in [1.82, 2.24) is 9.80 Å². The lowest BCUT2D eigenvalue weighted by molar-refractivity contribution is -0.141. The van der Waals surface area contributed by atoms with Gasteiger partial charge in [0.2, 0.25) is 5.91 Å². The third kappa shape index (κ3) is 8.12. The topological polar surface area (TPSA) is 115 Å². The molecule has 8 nitrogen and oxygen atoms in total. The Morgan fingerprint density at radius 1 is 0.871 bits per heavy atom. The molecule has 0 aromatic rings. The van der Waals surface area contributed by atoms with Gasteiger partial charge in [0.05, 0.1) is 10.8 Å². The van der Waals surface area contributed by atoms with Gasteiger partial charge in [-0.3, -0.25) is 29.0 Å². The van der Waals surface area contributed by atoms with Crippen LogP contribution in [-0.4, -0.2) is 66.9 Å². The van der Waals surface area contributed by atoms with E-state index in [1.54, 1.807) is 4.90 Å². The number of unbranched alkanes of at least 4 members (excludes halogenated alkanes) is 8. The van der Waals surface area contributed by atoms with Gasteiger partial charge in [-0.15, -0.1) is 0 Å². The van der Waals surface area contributed by atoms with Crippen molar-refractivity contribution < 1.29 is 29.4 Å². The van der Waals surface area contributed by atoms with E-state index in [2.05, 4.69) is 0 Å². The Balaban J connectivity index is 1.69. The highest BCUT2D eigenvalue weighted by molar-refractivity contribution is 8.27. The van der Waals surface area contributed by atoms with Gasteiger partial charge in [0.1, 0.15) is 15.8 Å². The Kier molecular flexibility index (Phi) is 10.8. The number of carboxylic acid groups (broad SMARTS) is 2. The Bertz CT molecular complexity index is 755. The number of carbonyl (C=O) groups excluding carboxylic acids is 2. The highest BCUT2D eigenvalue weighted by Crippen LogP contribution is 2.41. The molecule has 0 radical (unpaired) electrons. The Morgan fingerprint density at radius 2 is 1.45 bits per heavy atom. The van der Waals surface area contributed by atoms with Crippen molar-refractivity contribution in [3.63, 3.8) is 0 Å². The molecule has 0 aromatic heterocycles. The summed E-state index contributed by atoms with van der Waals surface area (Å²) in [6.07, 6.45) is 9.28. The molecule has 2 aliphatic heterocycles. The van der Waals surface area contributed by atoms with E-state index in [1.165, 1.54) is 11.8 Å². The number of carboxylic acids is 2. The van der Waals surface area contributed by atoms with Gasteiger partial charge < -0.3 is 10.2 Å². The van der Waals surface area contributed by atoms with Gasteiger partial charge in [-0.05, 0) is 12.8 Å². The fourth-order valence-corrected chi connectivity index (χ4v) is 5.92. The van der Waals surface area contributed by atoms with E-state index in [4.69, 9.17) is 22.4 Å². The molecule has 2 heterocycles. The average Bonchev–Trinajstić information content (AvgIpc) is 3.19. The second kappa shape index (κ2) is 13.1. The number of amides is 2. The van der Waals surface area contributed by atoms with Crippen molar-refractivity contribution in [3.8, 4) is 0 Å². The van der Waals surface area contributed by atoms with E-state index < -0.39 is 18.5 Å². The van der Waals surface area contributed by atoms with E-state index in [-0.39, 0.29) is 24.0 Å². The van der Waals surface area contributed by atoms with Crippen LogP contribution >= 0.6 is 35.7 Å². The first-order valence-corrected chi connectivity index (χ1v) is 12.7. The molecular formula is C20H28N2O6S3. The second-order valence-corrected chi connectivity index (χ2v) is 10.1.